The summed E-state index contributed by atoms with van der Waals surface area (Å²) in [5, 5.41) is 0. The van der Waals surface area contributed by atoms with Gasteiger partial charge in [0.15, 0.2) is 0 Å². The van der Waals surface area contributed by atoms with Gasteiger partial charge in [0, 0.05) is 19.6 Å². The Kier molecular flexibility index (Phi) is 4.83. The van der Waals surface area contributed by atoms with Gasteiger partial charge in [-0.1, -0.05) is 0 Å². The van der Waals surface area contributed by atoms with E-state index >= 15 is 0 Å². The van der Waals surface area contributed by atoms with Crippen molar-refractivity contribution in [3.05, 3.63) is 0 Å². The molecule has 0 bridgehead atoms. The van der Waals surface area contributed by atoms with Gasteiger partial charge in [0.1, 0.15) is 0 Å². The molecule has 76 valence electrons. The van der Waals surface area contributed by atoms with Crippen molar-refractivity contribution < 1.29 is 14.3 Å². The van der Waals surface area contributed by atoms with Crippen LogP contribution < -0.4 is 0 Å². The van der Waals surface area contributed by atoms with E-state index in [0.29, 0.717) is 18.9 Å². The normalized spacial score (nSPS) is 22.7. The van der Waals surface area contributed by atoms with E-state index < -0.39 is 0 Å². The zero-order valence-electron chi connectivity index (χ0n) is 8.25. The summed E-state index contributed by atoms with van der Waals surface area (Å²) in [6, 6.07) is 0. The lowest BCUT2D eigenvalue weighted by atomic mass is 9.97. The Labute approximate surface area is 79.4 Å². The molecule has 1 aliphatic rings. The number of rotatable bonds is 4. The van der Waals surface area contributed by atoms with Gasteiger partial charge in [0.2, 0.25) is 0 Å². The Balaban J connectivity index is 2.06. The fraction of sp³-hybridized carbons (Fsp3) is 0.900. The predicted octanol–water partition coefficient (Wildman–Crippen LogP) is 1.76. The molecule has 3 nitrogen and oxygen atoms in total. The fourth-order valence-electron chi connectivity index (χ4n) is 1.59. The molecular formula is C10H18O3. The van der Waals surface area contributed by atoms with Gasteiger partial charge in [-0.25, -0.2) is 0 Å². The van der Waals surface area contributed by atoms with E-state index in [-0.39, 0.29) is 5.97 Å². The van der Waals surface area contributed by atoms with Gasteiger partial charge in [0.25, 0.3) is 0 Å². The van der Waals surface area contributed by atoms with Crippen molar-refractivity contribution >= 4 is 5.97 Å². The molecule has 0 amide bonds. The Morgan fingerprint density at radius 1 is 1.62 bits per heavy atom. The highest BCUT2D eigenvalue weighted by atomic mass is 16.5. The molecule has 0 spiro atoms. The molecule has 1 rings (SSSR count). The molecule has 1 atom stereocenters. The van der Waals surface area contributed by atoms with Crippen LogP contribution in [-0.4, -0.2) is 25.8 Å². The number of carbonyl (C=O) groups is 1. The number of hydrogen-bond donors (Lipinski definition) is 0. The van der Waals surface area contributed by atoms with E-state index in [4.69, 9.17) is 9.47 Å². The van der Waals surface area contributed by atoms with Crippen molar-refractivity contribution in [3.8, 4) is 0 Å². The summed E-state index contributed by atoms with van der Waals surface area (Å²) >= 11 is 0. The zero-order valence-corrected chi connectivity index (χ0v) is 8.25. The lowest BCUT2D eigenvalue weighted by molar-refractivity contribution is -0.143. The van der Waals surface area contributed by atoms with Gasteiger partial charge in [-0.3, -0.25) is 4.79 Å². The molecular weight excluding hydrogens is 168 g/mol. The summed E-state index contributed by atoms with van der Waals surface area (Å²) < 4.78 is 10.2. The summed E-state index contributed by atoms with van der Waals surface area (Å²) in [5.74, 6) is 0.492. The van der Waals surface area contributed by atoms with E-state index in [2.05, 4.69) is 0 Å². The minimum absolute atomic E-state index is 0.0759. The van der Waals surface area contributed by atoms with Gasteiger partial charge in [0.05, 0.1) is 6.61 Å². The molecule has 1 heterocycles. The first-order chi connectivity index (χ1) is 6.33. The third kappa shape index (κ3) is 4.27. The third-order valence-corrected chi connectivity index (χ3v) is 2.32. The van der Waals surface area contributed by atoms with Gasteiger partial charge >= 0.3 is 5.97 Å². The van der Waals surface area contributed by atoms with E-state index in [1.54, 1.807) is 0 Å². The minimum Gasteiger partial charge on any atom is -0.466 e. The summed E-state index contributed by atoms with van der Waals surface area (Å²) in [5.41, 5.74) is 0. The molecule has 1 aliphatic heterocycles. The third-order valence-electron chi connectivity index (χ3n) is 2.32. The average Bonchev–Trinajstić information content (AvgIpc) is 2.17. The summed E-state index contributed by atoms with van der Waals surface area (Å²) in [7, 11) is 0. The molecule has 0 aromatic heterocycles. The quantitative estimate of drug-likeness (QED) is 0.627. The number of hydrogen-bond acceptors (Lipinski definition) is 3. The van der Waals surface area contributed by atoms with Crippen molar-refractivity contribution in [2.24, 2.45) is 5.92 Å². The second-order valence-corrected chi connectivity index (χ2v) is 3.43. The maximum atomic E-state index is 11.0. The lowest BCUT2D eigenvalue weighted by Gasteiger charge is -2.21. The highest BCUT2D eigenvalue weighted by Gasteiger charge is 2.15. The fourth-order valence-corrected chi connectivity index (χ4v) is 1.59. The first-order valence-electron chi connectivity index (χ1n) is 5.06. The van der Waals surface area contributed by atoms with Crippen LogP contribution in [0.1, 0.15) is 32.6 Å². The molecule has 1 saturated heterocycles. The lowest BCUT2D eigenvalue weighted by Crippen LogP contribution is -2.18. The standard InChI is InChI=1S/C10H18O3/c1-2-13-10(11)6-5-9-4-3-7-12-8-9/h9H,2-8H2,1H3/t9-/m1/s1. The van der Waals surface area contributed by atoms with Crippen molar-refractivity contribution in [1.29, 1.82) is 0 Å². The second-order valence-electron chi connectivity index (χ2n) is 3.43. The molecule has 0 N–H and O–H groups in total. The van der Waals surface area contributed by atoms with E-state index in [1.165, 1.54) is 6.42 Å². The summed E-state index contributed by atoms with van der Waals surface area (Å²) in [6.45, 7) is 4.02. The first kappa shape index (κ1) is 10.5. The van der Waals surface area contributed by atoms with E-state index in [1.807, 2.05) is 6.92 Å². The van der Waals surface area contributed by atoms with Gasteiger partial charge in [-0.05, 0) is 32.1 Å². The highest BCUT2D eigenvalue weighted by molar-refractivity contribution is 5.69. The molecule has 1 fully saturated rings. The van der Waals surface area contributed by atoms with Crippen molar-refractivity contribution in [2.75, 3.05) is 19.8 Å². The van der Waals surface area contributed by atoms with Crippen LogP contribution in [-0.2, 0) is 14.3 Å². The maximum Gasteiger partial charge on any atom is 0.305 e. The summed E-state index contributed by atoms with van der Waals surface area (Å²) in [4.78, 5) is 11.0. The van der Waals surface area contributed by atoms with Gasteiger partial charge in [-0.2, -0.15) is 0 Å². The molecule has 0 saturated carbocycles. The molecule has 0 aliphatic carbocycles. The monoisotopic (exact) mass is 186 g/mol. The van der Waals surface area contributed by atoms with Crippen molar-refractivity contribution in [2.45, 2.75) is 32.6 Å². The first-order valence-corrected chi connectivity index (χ1v) is 5.06. The second kappa shape index (κ2) is 5.97. The van der Waals surface area contributed by atoms with Gasteiger partial charge in [-0.15, -0.1) is 0 Å². The number of esters is 1. The van der Waals surface area contributed by atoms with Crippen molar-refractivity contribution in [3.63, 3.8) is 0 Å². The Morgan fingerprint density at radius 2 is 2.46 bits per heavy atom. The Hall–Kier alpha value is -0.570. The number of carbonyl (C=O) groups excluding carboxylic acids is 1. The highest BCUT2D eigenvalue weighted by Crippen LogP contribution is 2.18. The van der Waals surface area contributed by atoms with Crippen LogP contribution in [0.3, 0.4) is 0 Å². The average molecular weight is 186 g/mol. The number of ether oxygens (including phenoxy) is 2. The van der Waals surface area contributed by atoms with Crippen LogP contribution in [0.2, 0.25) is 0 Å². The van der Waals surface area contributed by atoms with Crippen LogP contribution in [0, 0.1) is 5.92 Å². The zero-order chi connectivity index (χ0) is 9.52. The molecule has 0 aromatic carbocycles. The Bertz CT molecular complexity index is 150. The maximum absolute atomic E-state index is 11.0. The van der Waals surface area contributed by atoms with E-state index in [9.17, 15) is 4.79 Å². The SMILES string of the molecule is CCOC(=O)CC[C@H]1CCCOC1. The van der Waals surface area contributed by atoms with Crippen LogP contribution in [0.25, 0.3) is 0 Å². The van der Waals surface area contributed by atoms with Crippen LogP contribution in [0.4, 0.5) is 0 Å². The Morgan fingerprint density at radius 3 is 3.08 bits per heavy atom. The van der Waals surface area contributed by atoms with Crippen LogP contribution in [0.15, 0.2) is 0 Å². The van der Waals surface area contributed by atoms with Crippen LogP contribution in [0.5, 0.6) is 0 Å². The molecule has 0 radical (unpaired) electrons. The smallest absolute Gasteiger partial charge is 0.305 e. The largest absolute Gasteiger partial charge is 0.466 e. The molecule has 3 heteroatoms. The topological polar surface area (TPSA) is 35.5 Å². The van der Waals surface area contributed by atoms with Gasteiger partial charge < -0.3 is 9.47 Å². The summed E-state index contributed by atoms with van der Waals surface area (Å²) in [6.07, 6.45) is 3.79. The molecule has 0 unspecified atom stereocenters. The molecule has 0 aromatic rings. The predicted molar refractivity (Wildman–Crippen MR) is 49.4 cm³/mol. The van der Waals surface area contributed by atoms with E-state index in [0.717, 1.165) is 26.1 Å². The minimum atomic E-state index is -0.0759. The van der Waals surface area contributed by atoms with Crippen molar-refractivity contribution in [1.82, 2.24) is 0 Å². The molecule has 13 heavy (non-hydrogen) atoms. The van der Waals surface area contributed by atoms with Crippen LogP contribution >= 0.6 is 0 Å².